The molecule has 0 saturated heterocycles. The highest BCUT2D eigenvalue weighted by molar-refractivity contribution is 14.0. The Morgan fingerprint density at radius 3 is 2.43 bits per heavy atom. The molecule has 0 bridgehead atoms. The van der Waals surface area contributed by atoms with Crippen LogP contribution in [0.15, 0.2) is 21.8 Å². The lowest BCUT2D eigenvalue weighted by Gasteiger charge is -2.30. The van der Waals surface area contributed by atoms with Crippen molar-refractivity contribution in [3.63, 3.8) is 0 Å². The lowest BCUT2D eigenvalue weighted by Crippen LogP contribution is -2.45. The van der Waals surface area contributed by atoms with Gasteiger partial charge in [0.15, 0.2) is 5.96 Å². The van der Waals surface area contributed by atoms with Crippen LogP contribution < -0.4 is 10.6 Å². The summed E-state index contributed by atoms with van der Waals surface area (Å²) in [5, 5.41) is 11.2. The molecule has 0 amide bonds. The van der Waals surface area contributed by atoms with Crippen LogP contribution >= 0.6 is 35.3 Å². The first-order valence-electron chi connectivity index (χ1n) is 7.35. The summed E-state index contributed by atoms with van der Waals surface area (Å²) >= 11 is 1.76. The molecule has 21 heavy (non-hydrogen) atoms. The number of nitrogens with one attached hydrogen (secondary N) is 2. The quantitative estimate of drug-likeness (QED) is 0.401. The van der Waals surface area contributed by atoms with E-state index in [0.29, 0.717) is 12.1 Å². The van der Waals surface area contributed by atoms with Crippen molar-refractivity contribution in [1.29, 1.82) is 0 Å². The van der Waals surface area contributed by atoms with Crippen LogP contribution in [0.3, 0.4) is 0 Å². The number of guanidine groups is 1. The molecule has 1 atom stereocenters. The smallest absolute Gasteiger partial charge is 0.191 e. The molecule has 122 valence electrons. The lowest BCUT2D eigenvalue weighted by molar-refractivity contribution is 0.219. The summed E-state index contributed by atoms with van der Waals surface area (Å²) in [5.74, 6) is 0.868. The minimum absolute atomic E-state index is 0. The fourth-order valence-electron chi connectivity index (χ4n) is 2.25. The Kier molecular flexibility index (Phi) is 11.1. The molecule has 2 N–H and O–H groups in total. The first-order chi connectivity index (χ1) is 9.62. The van der Waals surface area contributed by atoms with Crippen LogP contribution in [0.1, 0.15) is 39.3 Å². The number of halogens is 1. The monoisotopic (exact) mass is 424 g/mol. The number of thiophene rings is 1. The van der Waals surface area contributed by atoms with Crippen molar-refractivity contribution >= 4 is 41.3 Å². The van der Waals surface area contributed by atoms with E-state index in [4.69, 9.17) is 0 Å². The Bertz CT molecular complexity index is 388. The predicted molar refractivity (Wildman–Crippen MR) is 105 cm³/mol. The van der Waals surface area contributed by atoms with Gasteiger partial charge in [0.2, 0.25) is 0 Å². The number of aliphatic imine (C=N–C) groups is 1. The van der Waals surface area contributed by atoms with Crippen LogP contribution in [-0.4, -0.2) is 43.6 Å². The van der Waals surface area contributed by atoms with Gasteiger partial charge in [0, 0.05) is 19.6 Å². The normalized spacial score (nSPS) is 13.2. The van der Waals surface area contributed by atoms with E-state index < -0.39 is 0 Å². The van der Waals surface area contributed by atoms with Crippen LogP contribution in [-0.2, 0) is 0 Å². The van der Waals surface area contributed by atoms with Crippen LogP contribution in [0.5, 0.6) is 0 Å². The molecular weight excluding hydrogens is 395 g/mol. The van der Waals surface area contributed by atoms with E-state index in [2.05, 4.69) is 65.0 Å². The van der Waals surface area contributed by atoms with E-state index in [1.54, 1.807) is 11.3 Å². The van der Waals surface area contributed by atoms with Gasteiger partial charge in [-0.1, -0.05) is 13.8 Å². The second-order valence-corrected chi connectivity index (χ2v) is 5.83. The zero-order chi connectivity index (χ0) is 15.0. The second kappa shape index (κ2) is 11.3. The van der Waals surface area contributed by atoms with Gasteiger partial charge in [0.1, 0.15) is 0 Å². The summed E-state index contributed by atoms with van der Waals surface area (Å²) in [7, 11) is 1.81. The number of hydrogen-bond acceptors (Lipinski definition) is 3. The van der Waals surface area contributed by atoms with E-state index in [1.807, 2.05) is 7.05 Å². The van der Waals surface area contributed by atoms with Crippen LogP contribution in [0, 0.1) is 0 Å². The Morgan fingerprint density at radius 2 is 2.00 bits per heavy atom. The van der Waals surface area contributed by atoms with Gasteiger partial charge in [-0.05, 0) is 49.3 Å². The Balaban J connectivity index is 0.00000400. The molecule has 0 aliphatic heterocycles. The molecule has 0 spiro atoms. The zero-order valence-corrected chi connectivity index (χ0v) is 16.9. The fourth-order valence-corrected chi connectivity index (χ4v) is 2.96. The summed E-state index contributed by atoms with van der Waals surface area (Å²) in [4.78, 5) is 6.74. The molecule has 0 aliphatic carbocycles. The Labute approximate surface area is 150 Å². The molecular formula is C15H29IN4S. The number of rotatable bonds is 7. The molecule has 4 nitrogen and oxygen atoms in total. The summed E-state index contributed by atoms with van der Waals surface area (Å²) in [6.07, 6.45) is 0. The lowest BCUT2D eigenvalue weighted by atomic mass is 10.1. The third-order valence-corrected chi connectivity index (χ3v) is 3.99. The number of likely N-dealkylation sites (N-methyl/N-ethyl adjacent to an activating group) is 1. The Morgan fingerprint density at radius 1 is 1.33 bits per heavy atom. The summed E-state index contributed by atoms with van der Waals surface area (Å²) in [6, 6.07) is 2.99. The van der Waals surface area contributed by atoms with Crippen LogP contribution in [0.25, 0.3) is 0 Å². The van der Waals surface area contributed by atoms with Gasteiger partial charge < -0.3 is 10.6 Å². The SMILES string of the molecule is CCN(CC)C(CNC(=NC)NC(C)C)c1ccsc1.I. The first-order valence-corrected chi connectivity index (χ1v) is 8.29. The van der Waals surface area contributed by atoms with Crippen molar-refractivity contribution in [3.05, 3.63) is 22.4 Å². The van der Waals surface area contributed by atoms with E-state index in [9.17, 15) is 0 Å². The van der Waals surface area contributed by atoms with Gasteiger partial charge in [-0.15, -0.1) is 24.0 Å². The number of nitrogens with zero attached hydrogens (tertiary/aromatic N) is 2. The fraction of sp³-hybridized carbons (Fsp3) is 0.667. The minimum Gasteiger partial charge on any atom is -0.354 e. The standard InChI is InChI=1S/C15H28N4S.HI/c1-6-19(7-2)14(13-8-9-20-11-13)10-17-15(16-5)18-12(3)4;/h8-9,11-12,14H,6-7,10H2,1-5H3,(H2,16,17,18);1H. The van der Waals surface area contributed by atoms with E-state index in [1.165, 1.54) is 5.56 Å². The van der Waals surface area contributed by atoms with Crippen molar-refractivity contribution < 1.29 is 0 Å². The van der Waals surface area contributed by atoms with Gasteiger partial charge in [-0.2, -0.15) is 11.3 Å². The molecule has 1 rings (SSSR count). The highest BCUT2D eigenvalue weighted by Gasteiger charge is 2.18. The van der Waals surface area contributed by atoms with Crippen molar-refractivity contribution in [2.24, 2.45) is 4.99 Å². The average Bonchev–Trinajstić information content (AvgIpc) is 2.95. The maximum atomic E-state index is 4.27. The molecule has 0 aliphatic rings. The molecule has 1 unspecified atom stereocenters. The van der Waals surface area contributed by atoms with E-state index in [-0.39, 0.29) is 24.0 Å². The highest BCUT2D eigenvalue weighted by Crippen LogP contribution is 2.22. The Hall–Kier alpha value is -0.340. The molecule has 1 heterocycles. The minimum atomic E-state index is 0. The molecule has 0 fully saturated rings. The van der Waals surface area contributed by atoms with Crippen LogP contribution in [0.2, 0.25) is 0 Å². The van der Waals surface area contributed by atoms with Crippen molar-refractivity contribution in [2.45, 2.75) is 39.8 Å². The molecule has 6 heteroatoms. The first kappa shape index (κ1) is 20.7. The van der Waals surface area contributed by atoms with E-state index >= 15 is 0 Å². The maximum Gasteiger partial charge on any atom is 0.191 e. The van der Waals surface area contributed by atoms with Crippen molar-refractivity contribution in [3.8, 4) is 0 Å². The number of hydrogen-bond donors (Lipinski definition) is 2. The van der Waals surface area contributed by atoms with E-state index in [0.717, 1.165) is 25.6 Å². The summed E-state index contributed by atoms with van der Waals surface area (Å²) in [5.41, 5.74) is 1.38. The second-order valence-electron chi connectivity index (χ2n) is 5.05. The topological polar surface area (TPSA) is 39.7 Å². The third kappa shape index (κ3) is 6.97. The molecule has 1 aromatic heterocycles. The molecule has 0 radical (unpaired) electrons. The van der Waals surface area contributed by atoms with Crippen LogP contribution in [0.4, 0.5) is 0 Å². The third-order valence-electron chi connectivity index (χ3n) is 3.29. The largest absolute Gasteiger partial charge is 0.354 e. The van der Waals surface area contributed by atoms with Gasteiger partial charge in [-0.3, -0.25) is 9.89 Å². The summed E-state index contributed by atoms with van der Waals surface area (Å²) < 4.78 is 0. The van der Waals surface area contributed by atoms with Crippen molar-refractivity contribution in [2.75, 3.05) is 26.7 Å². The van der Waals surface area contributed by atoms with Gasteiger partial charge in [-0.25, -0.2) is 0 Å². The highest BCUT2D eigenvalue weighted by atomic mass is 127. The van der Waals surface area contributed by atoms with Gasteiger partial charge in [0.25, 0.3) is 0 Å². The molecule has 0 aromatic carbocycles. The zero-order valence-electron chi connectivity index (χ0n) is 13.7. The maximum absolute atomic E-state index is 4.27. The van der Waals surface area contributed by atoms with Gasteiger partial charge >= 0.3 is 0 Å². The summed E-state index contributed by atoms with van der Waals surface area (Å²) in [6.45, 7) is 11.6. The van der Waals surface area contributed by atoms with Gasteiger partial charge in [0.05, 0.1) is 6.04 Å². The average molecular weight is 424 g/mol. The molecule has 1 aromatic rings. The predicted octanol–water partition coefficient (Wildman–Crippen LogP) is 3.32. The van der Waals surface area contributed by atoms with Crippen molar-refractivity contribution in [1.82, 2.24) is 15.5 Å². The molecule has 0 saturated carbocycles.